The Morgan fingerprint density at radius 1 is 1.10 bits per heavy atom. The first-order valence-electron chi connectivity index (χ1n) is 5.71. The fourth-order valence-corrected chi connectivity index (χ4v) is 1.49. The van der Waals surface area contributed by atoms with Crippen LogP contribution in [0.5, 0.6) is 0 Å². The molecule has 0 fully saturated rings. The van der Waals surface area contributed by atoms with E-state index in [1.165, 1.54) is 24.4 Å². The van der Waals surface area contributed by atoms with E-state index >= 15 is 0 Å². The Bertz CT molecular complexity index is 699. The zero-order chi connectivity index (χ0) is 15.2. The summed E-state index contributed by atoms with van der Waals surface area (Å²) in [7, 11) is 0. The molecule has 0 radical (unpaired) electrons. The van der Waals surface area contributed by atoms with Crippen LogP contribution < -0.4 is 5.43 Å². The molecule has 0 aliphatic rings. The lowest BCUT2D eigenvalue weighted by Crippen LogP contribution is -1.97. The number of nitrogens with one attached hydrogen (secondary N) is 1. The molecule has 0 amide bonds. The Kier molecular flexibility index (Phi) is 4.14. The molecule has 2 aromatic rings. The van der Waals surface area contributed by atoms with Crippen LogP contribution in [0.25, 0.3) is 0 Å². The average molecular weight is 287 g/mol. The highest BCUT2D eigenvalue weighted by molar-refractivity contribution is 5.85. The molecule has 21 heavy (non-hydrogen) atoms. The molecule has 9 nitrogen and oxygen atoms in total. The second kappa shape index (κ2) is 6.19. The normalized spacial score (nSPS) is 10.5. The van der Waals surface area contributed by atoms with Gasteiger partial charge in [-0.2, -0.15) is 5.10 Å². The van der Waals surface area contributed by atoms with E-state index in [1.54, 1.807) is 18.2 Å². The van der Waals surface area contributed by atoms with Crippen molar-refractivity contribution in [2.24, 2.45) is 5.10 Å². The van der Waals surface area contributed by atoms with E-state index in [9.17, 15) is 20.2 Å². The average Bonchev–Trinajstić information content (AvgIpc) is 2.48. The topological polar surface area (TPSA) is 124 Å². The number of hydrazone groups is 1. The summed E-state index contributed by atoms with van der Waals surface area (Å²) in [5.74, 6) is 0.287. The minimum Gasteiger partial charge on any atom is -0.261 e. The number of benzene rings is 1. The lowest BCUT2D eigenvalue weighted by molar-refractivity contribution is -0.385. The van der Waals surface area contributed by atoms with E-state index < -0.39 is 9.85 Å². The Morgan fingerprint density at radius 2 is 1.86 bits per heavy atom. The first kappa shape index (κ1) is 14.1. The van der Waals surface area contributed by atoms with Gasteiger partial charge in [0.25, 0.3) is 11.4 Å². The van der Waals surface area contributed by atoms with Gasteiger partial charge in [-0.1, -0.05) is 12.1 Å². The SMILES string of the molecule is O=[N+]([O-])c1ccc(N/N=C/c2ccccc2[N+](=O)[O-])nc1. The third-order valence-electron chi connectivity index (χ3n) is 2.47. The molecule has 0 bridgehead atoms. The van der Waals surface area contributed by atoms with Gasteiger partial charge in [0.15, 0.2) is 0 Å². The highest BCUT2D eigenvalue weighted by Gasteiger charge is 2.10. The van der Waals surface area contributed by atoms with Gasteiger partial charge in [0, 0.05) is 12.1 Å². The molecule has 0 spiro atoms. The van der Waals surface area contributed by atoms with Gasteiger partial charge >= 0.3 is 0 Å². The number of nitro groups is 2. The van der Waals surface area contributed by atoms with E-state index in [0.717, 1.165) is 6.20 Å². The van der Waals surface area contributed by atoms with Crippen molar-refractivity contribution in [2.45, 2.75) is 0 Å². The molecule has 2 rings (SSSR count). The molecule has 1 heterocycles. The number of pyridine rings is 1. The van der Waals surface area contributed by atoms with Gasteiger partial charge in [-0.05, 0) is 12.1 Å². The Morgan fingerprint density at radius 3 is 2.48 bits per heavy atom. The van der Waals surface area contributed by atoms with Gasteiger partial charge in [0.1, 0.15) is 12.0 Å². The van der Waals surface area contributed by atoms with Crippen LogP contribution in [0.2, 0.25) is 0 Å². The molecule has 0 unspecified atom stereocenters. The van der Waals surface area contributed by atoms with Crippen molar-refractivity contribution in [3.05, 3.63) is 68.4 Å². The summed E-state index contributed by atoms with van der Waals surface area (Å²) >= 11 is 0. The fourth-order valence-electron chi connectivity index (χ4n) is 1.49. The van der Waals surface area contributed by atoms with Gasteiger partial charge in [0.2, 0.25) is 0 Å². The van der Waals surface area contributed by atoms with Crippen molar-refractivity contribution in [1.82, 2.24) is 4.98 Å². The van der Waals surface area contributed by atoms with Crippen LogP contribution >= 0.6 is 0 Å². The second-order valence-corrected chi connectivity index (χ2v) is 3.84. The molecule has 0 aliphatic heterocycles. The standard InChI is InChI=1S/C12H9N5O4/c18-16(19)10-5-6-12(13-8-10)15-14-7-9-3-1-2-4-11(9)17(20)21/h1-8H,(H,13,15)/b14-7+. The first-order chi connectivity index (χ1) is 10.1. The molecule has 1 aromatic heterocycles. The minimum absolute atomic E-state index is 0.0697. The summed E-state index contributed by atoms with van der Waals surface area (Å²) in [6, 6.07) is 8.78. The van der Waals surface area contributed by atoms with Gasteiger partial charge in [-0.15, -0.1) is 0 Å². The van der Waals surface area contributed by atoms with Crippen molar-refractivity contribution in [3.8, 4) is 0 Å². The zero-order valence-electron chi connectivity index (χ0n) is 10.5. The maximum atomic E-state index is 10.8. The first-order valence-corrected chi connectivity index (χ1v) is 5.71. The molecular formula is C12H9N5O4. The smallest absolute Gasteiger partial charge is 0.261 e. The number of hydrogen-bond donors (Lipinski definition) is 1. The van der Waals surface area contributed by atoms with Crippen LogP contribution in [-0.2, 0) is 0 Å². The number of nitrogens with zero attached hydrogens (tertiary/aromatic N) is 4. The van der Waals surface area contributed by atoms with E-state index in [4.69, 9.17) is 0 Å². The molecule has 1 N–H and O–H groups in total. The molecule has 1 aromatic carbocycles. The summed E-state index contributed by atoms with van der Waals surface area (Å²) in [5, 5.41) is 25.1. The molecule has 0 saturated carbocycles. The molecule has 0 atom stereocenters. The molecule has 106 valence electrons. The molecule has 9 heteroatoms. The van der Waals surface area contributed by atoms with E-state index in [2.05, 4.69) is 15.5 Å². The predicted molar refractivity (Wildman–Crippen MR) is 75.2 cm³/mol. The maximum Gasteiger partial charge on any atom is 0.287 e. The van der Waals surface area contributed by atoms with Crippen LogP contribution in [0.4, 0.5) is 17.2 Å². The third kappa shape index (κ3) is 3.56. The van der Waals surface area contributed by atoms with Crippen LogP contribution in [0, 0.1) is 20.2 Å². The van der Waals surface area contributed by atoms with Gasteiger partial charge in [-0.3, -0.25) is 25.7 Å². The fraction of sp³-hybridized carbons (Fsp3) is 0. The summed E-state index contributed by atoms with van der Waals surface area (Å²) in [5.41, 5.74) is 2.66. The number of para-hydroxylation sites is 1. The highest BCUT2D eigenvalue weighted by Crippen LogP contribution is 2.15. The van der Waals surface area contributed by atoms with Crippen molar-refractivity contribution in [2.75, 3.05) is 5.43 Å². The van der Waals surface area contributed by atoms with Crippen LogP contribution in [0.3, 0.4) is 0 Å². The van der Waals surface area contributed by atoms with Crippen molar-refractivity contribution in [3.63, 3.8) is 0 Å². The van der Waals surface area contributed by atoms with Crippen LogP contribution in [-0.4, -0.2) is 21.0 Å². The summed E-state index contributed by atoms with van der Waals surface area (Å²) in [6.07, 6.45) is 2.37. The van der Waals surface area contributed by atoms with Gasteiger partial charge in [-0.25, -0.2) is 4.98 Å². The summed E-state index contributed by atoms with van der Waals surface area (Å²) in [6.45, 7) is 0. The molecular weight excluding hydrogens is 278 g/mol. The lowest BCUT2D eigenvalue weighted by Gasteiger charge is -1.99. The summed E-state index contributed by atoms with van der Waals surface area (Å²) < 4.78 is 0. The van der Waals surface area contributed by atoms with Gasteiger partial charge < -0.3 is 0 Å². The van der Waals surface area contributed by atoms with E-state index in [-0.39, 0.29) is 17.2 Å². The lowest BCUT2D eigenvalue weighted by atomic mass is 10.2. The minimum atomic E-state index is -0.562. The monoisotopic (exact) mass is 287 g/mol. The summed E-state index contributed by atoms with van der Waals surface area (Å²) in [4.78, 5) is 24.0. The zero-order valence-corrected chi connectivity index (χ0v) is 10.5. The Hall–Kier alpha value is -3.36. The van der Waals surface area contributed by atoms with Crippen molar-refractivity contribution in [1.29, 1.82) is 0 Å². The number of nitro benzene ring substituents is 1. The van der Waals surface area contributed by atoms with Crippen molar-refractivity contribution >= 4 is 23.4 Å². The van der Waals surface area contributed by atoms with E-state index in [1.807, 2.05) is 0 Å². The highest BCUT2D eigenvalue weighted by atomic mass is 16.6. The number of aromatic nitrogens is 1. The number of rotatable bonds is 5. The molecule has 0 saturated heterocycles. The van der Waals surface area contributed by atoms with Crippen LogP contribution in [0.1, 0.15) is 5.56 Å². The van der Waals surface area contributed by atoms with Crippen molar-refractivity contribution < 1.29 is 9.85 Å². The largest absolute Gasteiger partial charge is 0.287 e. The molecule has 0 aliphatic carbocycles. The van der Waals surface area contributed by atoms with E-state index in [0.29, 0.717) is 5.56 Å². The number of hydrogen-bond acceptors (Lipinski definition) is 7. The quantitative estimate of drug-likeness (QED) is 0.511. The van der Waals surface area contributed by atoms with Gasteiger partial charge in [0.05, 0.1) is 21.6 Å². The number of anilines is 1. The second-order valence-electron chi connectivity index (χ2n) is 3.84. The Labute approximate surface area is 118 Å². The van der Waals surface area contributed by atoms with Crippen LogP contribution in [0.15, 0.2) is 47.7 Å². The predicted octanol–water partition coefficient (Wildman–Crippen LogP) is 2.34. The maximum absolute atomic E-state index is 10.8. The Balaban J connectivity index is 2.09. The third-order valence-corrected chi connectivity index (χ3v) is 2.47.